The second-order valence-corrected chi connectivity index (χ2v) is 6.68. The molecule has 7 nitrogen and oxygen atoms in total. The predicted octanol–water partition coefficient (Wildman–Crippen LogP) is 0.412. The maximum absolute atomic E-state index is 12.1. The van der Waals surface area contributed by atoms with Gasteiger partial charge in [0.05, 0.1) is 17.3 Å². The number of rotatable bonds is 5. The Morgan fingerprint density at radius 2 is 2.37 bits per heavy atom. The number of nitrogens with zero attached hydrogens (tertiary/aromatic N) is 4. The van der Waals surface area contributed by atoms with Crippen LogP contribution in [0.1, 0.15) is 6.92 Å². The van der Waals surface area contributed by atoms with E-state index in [1.165, 1.54) is 4.90 Å². The summed E-state index contributed by atoms with van der Waals surface area (Å²) in [7, 11) is -1.21. The Labute approximate surface area is 117 Å². The predicted molar refractivity (Wildman–Crippen MR) is 72.5 cm³/mol. The number of aliphatic hydroxyl groups is 1. The molecule has 2 unspecified atom stereocenters. The number of amides is 2. The quantitative estimate of drug-likeness (QED) is 0.629. The van der Waals surface area contributed by atoms with Gasteiger partial charge in [0.2, 0.25) is 9.47 Å². The highest BCUT2D eigenvalue weighted by atomic mass is 32.2. The van der Waals surface area contributed by atoms with Gasteiger partial charge in [-0.15, -0.1) is 16.8 Å². The maximum Gasteiger partial charge on any atom is 0.329 e. The Hall–Kier alpha value is -1.32. The van der Waals surface area contributed by atoms with Crippen LogP contribution in [0.2, 0.25) is 0 Å². The third-order valence-electron chi connectivity index (χ3n) is 2.57. The molecule has 0 bridgehead atoms. The summed E-state index contributed by atoms with van der Waals surface area (Å²) in [6, 6.07) is -0.350. The van der Waals surface area contributed by atoms with Gasteiger partial charge in [-0.1, -0.05) is 24.3 Å². The molecular weight excluding hydrogens is 288 g/mol. The molecule has 9 heteroatoms. The van der Waals surface area contributed by atoms with Crippen LogP contribution in [-0.2, 0) is 10.8 Å². The van der Waals surface area contributed by atoms with E-state index in [-0.39, 0.29) is 17.7 Å². The third-order valence-corrected chi connectivity index (χ3v) is 5.09. The van der Waals surface area contributed by atoms with E-state index in [2.05, 4.69) is 16.8 Å². The fourth-order valence-corrected chi connectivity index (χ4v) is 3.62. The average Bonchev–Trinajstić information content (AvgIpc) is 2.95. The van der Waals surface area contributed by atoms with E-state index < -0.39 is 17.0 Å². The summed E-state index contributed by atoms with van der Waals surface area (Å²) in [5.41, 5.74) is 0. The Morgan fingerprint density at radius 3 is 3.00 bits per heavy atom. The highest BCUT2D eigenvalue weighted by Gasteiger charge is 2.38. The van der Waals surface area contributed by atoms with Gasteiger partial charge >= 0.3 is 6.03 Å². The number of carbonyl (C=O) groups is 1. The van der Waals surface area contributed by atoms with Crippen LogP contribution in [0.5, 0.6) is 0 Å². The van der Waals surface area contributed by atoms with Crippen molar-refractivity contribution in [3.05, 3.63) is 12.7 Å². The van der Waals surface area contributed by atoms with Gasteiger partial charge in [-0.05, 0) is 0 Å². The first-order chi connectivity index (χ1) is 9.08. The Morgan fingerprint density at radius 1 is 1.63 bits per heavy atom. The van der Waals surface area contributed by atoms with Gasteiger partial charge in [0.25, 0.3) is 0 Å². The van der Waals surface area contributed by atoms with Crippen LogP contribution in [0, 0.1) is 0 Å². The highest BCUT2D eigenvalue weighted by Crippen LogP contribution is 2.28. The van der Waals surface area contributed by atoms with Crippen LogP contribution in [0.4, 0.5) is 9.93 Å². The summed E-state index contributed by atoms with van der Waals surface area (Å²) in [5.74, 6) is 0.438. The van der Waals surface area contributed by atoms with Gasteiger partial charge in [-0.25, -0.2) is 9.69 Å². The summed E-state index contributed by atoms with van der Waals surface area (Å²) < 4.78 is 12.0. The molecule has 0 aromatic carbocycles. The number of aromatic nitrogens is 2. The van der Waals surface area contributed by atoms with Crippen molar-refractivity contribution in [2.24, 2.45) is 0 Å². The second kappa shape index (κ2) is 5.76. The first-order valence-electron chi connectivity index (χ1n) is 5.67. The normalized spacial score (nSPS) is 20.9. The van der Waals surface area contributed by atoms with E-state index in [9.17, 15) is 14.1 Å². The molecule has 1 aliphatic heterocycles. The lowest BCUT2D eigenvalue weighted by molar-refractivity contribution is 0.180. The van der Waals surface area contributed by atoms with Crippen LogP contribution in [0.3, 0.4) is 0 Å². The van der Waals surface area contributed by atoms with E-state index in [0.717, 1.165) is 16.2 Å². The third kappa shape index (κ3) is 2.67. The van der Waals surface area contributed by atoms with Gasteiger partial charge in [0.15, 0.2) is 6.23 Å². The Kier molecular flexibility index (Phi) is 4.27. The lowest BCUT2D eigenvalue weighted by Crippen LogP contribution is -2.34. The minimum absolute atomic E-state index is 0.191. The van der Waals surface area contributed by atoms with Crippen LogP contribution >= 0.6 is 11.3 Å². The molecule has 19 heavy (non-hydrogen) atoms. The van der Waals surface area contributed by atoms with Crippen LogP contribution in [0.25, 0.3) is 0 Å². The van der Waals surface area contributed by atoms with Crippen molar-refractivity contribution in [1.82, 2.24) is 15.1 Å². The molecule has 0 spiro atoms. The standard InChI is InChI=1S/C10H14N4O3S2/c1-3-5-13-6-7(15)14(10(13)16)8-11-12-9(18-8)19(17)4-2/h3,7,15H,1,4-6H2,2H3. The first kappa shape index (κ1) is 14.1. The molecule has 2 amide bonds. The molecule has 0 saturated carbocycles. The summed E-state index contributed by atoms with van der Waals surface area (Å²) >= 11 is 1.06. The van der Waals surface area contributed by atoms with E-state index >= 15 is 0 Å². The molecule has 1 N–H and O–H groups in total. The van der Waals surface area contributed by atoms with Gasteiger partial charge < -0.3 is 10.0 Å². The molecule has 1 saturated heterocycles. The van der Waals surface area contributed by atoms with Crippen molar-refractivity contribution in [2.45, 2.75) is 17.5 Å². The van der Waals surface area contributed by atoms with Gasteiger partial charge in [0.1, 0.15) is 0 Å². The molecular formula is C10H14N4O3S2. The molecule has 2 rings (SSSR count). The number of carbonyl (C=O) groups excluding carboxylic acids is 1. The van der Waals surface area contributed by atoms with E-state index in [1.807, 2.05) is 0 Å². The minimum Gasteiger partial charge on any atom is -0.371 e. The fraction of sp³-hybridized carbons (Fsp3) is 0.500. The zero-order valence-electron chi connectivity index (χ0n) is 10.4. The second-order valence-electron chi connectivity index (χ2n) is 3.81. The maximum atomic E-state index is 12.1. The number of urea groups is 1. The molecule has 104 valence electrons. The molecule has 1 fully saturated rings. The SMILES string of the molecule is C=CCN1CC(O)N(c2nnc(S(=O)CC)s2)C1=O. The van der Waals surface area contributed by atoms with Gasteiger partial charge in [-0.2, -0.15) is 0 Å². The van der Waals surface area contributed by atoms with Crippen LogP contribution in [-0.4, -0.2) is 55.5 Å². The van der Waals surface area contributed by atoms with Crippen molar-refractivity contribution in [1.29, 1.82) is 0 Å². The number of hydrogen-bond donors (Lipinski definition) is 1. The van der Waals surface area contributed by atoms with E-state index in [1.54, 1.807) is 13.0 Å². The lowest BCUT2D eigenvalue weighted by Gasteiger charge is -2.15. The topological polar surface area (TPSA) is 86.6 Å². The molecule has 2 atom stereocenters. The lowest BCUT2D eigenvalue weighted by atomic mass is 10.5. The van der Waals surface area contributed by atoms with Crippen molar-refractivity contribution in [2.75, 3.05) is 23.7 Å². The van der Waals surface area contributed by atoms with Crippen molar-refractivity contribution < 1.29 is 14.1 Å². The van der Waals surface area contributed by atoms with Gasteiger partial charge in [0, 0.05) is 12.3 Å². The van der Waals surface area contributed by atoms with Crippen molar-refractivity contribution >= 4 is 33.3 Å². The largest absolute Gasteiger partial charge is 0.371 e. The van der Waals surface area contributed by atoms with Gasteiger partial charge in [-0.3, -0.25) is 4.21 Å². The highest BCUT2D eigenvalue weighted by molar-refractivity contribution is 7.87. The monoisotopic (exact) mass is 302 g/mol. The van der Waals surface area contributed by atoms with E-state index in [4.69, 9.17) is 0 Å². The summed E-state index contributed by atoms with van der Waals surface area (Å²) in [6.45, 7) is 5.89. The average molecular weight is 302 g/mol. The van der Waals surface area contributed by atoms with E-state index in [0.29, 0.717) is 16.6 Å². The molecule has 1 aromatic rings. The van der Waals surface area contributed by atoms with Crippen LogP contribution in [0.15, 0.2) is 17.0 Å². The molecule has 1 aliphatic rings. The number of β-amino-alcohol motifs (C(OH)–C–C–N with tert-alkyl or cyclic N) is 1. The molecule has 1 aromatic heterocycles. The summed E-state index contributed by atoms with van der Waals surface area (Å²) in [5, 5.41) is 17.8. The number of anilines is 1. The van der Waals surface area contributed by atoms with Crippen molar-refractivity contribution in [3.63, 3.8) is 0 Å². The van der Waals surface area contributed by atoms with Crippen LogP contribution < -0.4 is 4.90 Å². The zero-order valence-corrected chi connectivity index (χ0v) is 12.0. The zero-order chi connectivity index (χ0) is 14.0. The molecule has 2 heterocycles. The fourth-order valence-electron chi connectivity index (χ4n) is 1.67. The smallest absolute Gasteiger partial charge is 0.329 e. The summed E-state index contributed by atoms with van der Waals surface area (Å²) in [6.07, 6.45) is 0.620. The Bertz CT molecular complexity index is 519. The number of hydrogen-bond acceptors (Lipinski definition) is 6. The summed E-state index contributed by atoms with van der Waals surface area (Å²) in [4.78, 5) is 14.7. The Balaban J connectivity index is 2.21. The molecule has 0 radical (unpaired) electrons. The minimum atomic E-state index is -1.21. The molecule has 0 aliphatic carbocycles. The first-order valence-corrected chi connectivity index (χ1v) is 7.81. The van der Waals surface area contributed by atoms with Crippen molar-refractivity contribution in [3.8, 4) is 0 Å². The number of aliphatic hydroxyl groups excluding tert-OH is 1.